The standard InChI is InChI=1S/C7H11NO4.C2H6/c1-12-7(11)5-3-8-2-4(5)6(9)10;1-2/h4-5,8H,2-3H2,1H3,(H,9,10);1-2H3. The molecular weight excluding hydrogens is 186 g/mol. The van der Waals surface area contributed by atoms with Crippen molar-refractivity contribution in [3.8, 4) is 0 Å². The Balaban J connectivity index is 0.000000791. The topological polar surface area (TPSA) is 75.6 Å². The molecule has 0 amide bonds. The highest BCUT2D eigenvalue weighted by Gasteiger charge is 2.38. The minimum Gasteiger partial charge on any atom is -0.481 e. The van der Waals surface area contributed by atoms with Gasteiger partial charge in [0.25, 0.3) is 0 Å². The largest absolute Gasteiger partial charge is 0.481 e. The smallest absolute Gasteiger partial charge is 0.310 e. The molecule has 2 unspecified atom stereocenters. The number of rotatable bonds is 2. The molecule has 0 bridgehead atoms. The van der Waals surface area contributed by atoms with Gasteiger partial charge >= 0.3 is 11.9 Å². The summed E-state index contributed by atoms with van der Waals surface area (Å²) in [4.78, 5) is 21.6. The number of carboxylic acids is 1. The van der Waals surface area contributed by atoms with Gasteiger partial charge in [-0.05, 0) is 0 Å². The SMILES string of the molecule is CC.COC(=O)C1CNCC1C(=O)O. The summed E-state index contributed by atoms with van der Waals surface area (Å²) in [5.41, 5.74) is 0. The number of hydrogen-bond acceptors (Lipinski definition) is 4. The van der Waals surface area contributed by atoms with Crippen LogP contribution in [0.1, 0.15) is 13.8 Å². The summed E-state index contributed by atoms with van der Waals surface area (Å²) in [6.07, 6.45) is 0. The summed E-state index contributed by atoms with van der Waals surface area (Å²) in [5, 5.41) is 11.5. The van der Waals surface area contributed by atoms with Crippen LogP contribution in [0.3, 0.4) is 0 Å². The van der Waals surface area contributed by atoms with Crippen LogP contribution >= 0.6 is 0 Å². The molecule has 1 aliphatic heterocycles. The van der Waals surface area contributed by atoms with Crippen LogP contribution in [-0.2, 0) is 14.3 Å². The maximum atomic E-state index is 11.0. The van der Waals surface area contributed by atoms with Crippen molar-refractivity contribution in [1.29, 1.82) is 0 Å². The number of esters is 1. The highest BCUT2D eigenvalue weighted by Crippen LogP contribution is 2.17. The van der Waals surface area contributed by atoms with Gasteiger partial charge in [-0.2, -0.15) is 0 Å². The first-order chi connectivity index (χ1) is 6.66. The quantitative estimate of drug-likeness (QED) is 0.623. The molecule has 2 N–H and O–H groups in total. The van der Waals surface area contributed by atoms with E-state index in [0.29, 0.717) is 13.1 Å². The lowest BCUT2D eigenvalue weighted by atomic mass is 9.97. The summed E-state index contributed by atoms with van der Waals surface area (Å²) in [6.45, 7) is 4.73. The number of carbonyl (C=O) groups is 2. The number of hydrogen-bond donors (Lipinski definition) is 2. The lowest BCUT2D eigenvalue weighted by Gasteiger charge is -2.10. The summed E-state index contributed by atoms with van der Waals surface area (Å²) >= 11 is 0. The summed E-state index contributed by atoms with van der Waals surface area (Å²) in [7, 11) is 1.26. The maximum absolute atomic E-state index is 11.0. The molecule has 1 heterocycles. The molecule has 0 radical (unpaired) electrons. The van der Waals surface area contributed by atoms with E-state index in [4.69, 9.17) is 5.11 Å². The van der Waals surface area contributed by atoms with Gasteiger partial charge in [-0.1, -0.05) is 13.8 Å². The molecule has 14 heavy (non-hydrogen) atoms. The fourth-order valence-corrected chi connectivity index (χ4v) is 1.34. The monoisotopic (exact) mass is 203 g/mol. The van der Waals surface area contributed by atoms with Crippen LogP contribution in [-0.4, -0.2) is 37.2 Å². The predicted molar refractivity (Wildman–Crippen MR) is 50.8 cm³/mol. The molecule has 0 aliphatic carbocycles. The van der Waals surface area contributed by atoms with Gasteiger partial charge in [0, 0.05) is 13.1 Å². The van der Waals surface area contributed by atoms with Crippen molar-refractivity contribution in [2.45, 2.75) is 13.8 Å². The molecule has 82 valence electrons. The number of carboxylic acid groups (broad SMARTS) is 1. The third-order valence-electron chi connectivity index (χ3n) is 2.04. The molecule has 2 atom stereocenters. The van der Waals surface area contributed by atoms with E-state index in [1.165, 1.54) is 7.11 Å². The van der Waals surface area contributed by atoms with E-state index in [9.17, 15) is 9.59 Å². The number of methoxy groups -OCH3 is 1. The van der Waals surface area contributed by atoms with Crippen LogP contribution < -0.4 is 5.32 Å². The van der Waals surface area contributed by atoms with Gasteiger partial charge in [0.05, 0.1) is 18.9 Å². The average molecular weight is 203 g/mol. The highest BCUT2D eigenvalue weighted by molar-refractivity contribution is 5.82. The molecule has 5 heteroatoms. The van der Waals surface area contributed by atoms with E-state index in [0.717, 1.165) is 0 Å². The van der Waals surface area contributed by atoms with E-state index in [1.807, 2.05) is 13.8 Å². The van der Waals surface area contributed by atoms with Crippen molar-refractivity contribution in [2.24, 2.45) is 11.8 Å². The third kappa shape index (κ3) is 2.99. The van der Waals surface area contributed by atoms with Gasteiger partial charge in [-0.15, -0.1) is 0 Å². The summed E-state index contributed by atoms with van der Waals surface area (Å²) < 4.78 is 4.47. The molecule has 0 spiro atoms. The Bertz CT molecular complexity index is 205. The van der Waals surface area contributed by atoms with E-state index in [-0.39, 0.29) is 0 Å². The molecule has 0 saturated carbocycles. The second-order valence-corrected chi connectivity index (χ2v) is 2.73. The van der Waals surface area contributed by atoms with Crippen molar-refractivity contribution < 1.29 is 19.4 Å². The van der Waals surface area contributed by atoms with Crippen LogP contribution in [0.5, 0.6) is 0 Å². The van der Waals surface area contributed by atoms with Crippen LogP contribution in [0, 0.1) is 11.8 Å². The molecule has 0 aromatic rings. The molecule has 1 rings (SSSR count). The Morgan fingerprint density at radius 3 is 2.21 bits per heavy atom. The van der Waals surface area contributed by atoms with Crippen LogP contribution in [0.15, 0.2) is 0 Å². The Kier molecular flexibility index (Phi) is 5.87. The minimum absolute atomic E-state index is 0.342. The van der Waals surface area contributed by atoms with Crippen molar-refractivity contribution >= 4 is 11.9 Å². The van der Waals surface area contributed by atoms with E-state index in [2.05, 4.69) is 10.1 Å². The van der Waals surface area contributed by atoms with Crippen LogP contribution in [0.2, 0.25) is 0 Å². The van der Waals surface area contributed by atoms with Gasteiger partial charge < -0.3 is 15.2 Å². The zero-order valence-corrected chi connectivity index (χ0v) is 8.74. The molecule has 1 fully saturated rings. The number of carbonyl (C=O) groups excluding carboxylic acids is 1. The normalized spacial score (nSPS) is 24.8. The average Bonchev–Trinajstić information content (AvgIpc) is 2.68. The second kappa shape index (κ2) is 6.37. The maximum Gasteiger partial charge on any atom is 0.310 e. The van der Waals surface area contributed by atoms with Crippen molar-refractivity contribution in [2.75, 3.05) is 20.2 Å². The fraction of sp³-hybridized carbons (Fsp3) is 0.778. The zero-order chi connectivity index (χ0) is 11.1. The molecular formula is C9H17NO4. The van der Waals surface area contributed by atoms with Crippen molar-refractivity contribution in [3.63, 3.8) is 0 Å². The van der Waals surface area contributed by atoms with E-state index >= 15 is 0 Å². The number of ether oxygens (including phenoxy) is 1. The van der Waals surface area contributed by atoms with Crippen LogP contribution in [0.25, 0.3) is 0 Å². The first-order valence-electron chi connectivity index (χ1n) is 4.68. The molecule has 1 saturated heterocycles. The van der Waals surface area contributed by atoms with Gasteiger partial charge in [0.1, 0.15) is 0 Å². The van der Waals surface area contributed by atoms with E-state index in [1.54, 1.807) is 0 Å². The van der Waals surface area contributed by atoms with Gasteiger partial charge in [0.2, 0.25) is 0 Å². The van der Waals surface area contributed by atoms with Gasteiger partial charge in [0.15, 0.2) is 0 Å². The van der Waals surface area contributed by atoms with Crippen LogP contribution in [0.4, 0.5) is 0 Å². The Morgan fingerprint density at radius 1 is 1.29 bits per heavy atom. The summed E-state index contributed by atoms with van der Waals surface area (Å²) in [5.74, 6) is -2.58. The molecule has 0 aromatic heterocycles. The second-order valence-electron chi connectivity index (χ2n) is 2.73. The third-order valence-corrected chi connectivity index (χ3v) is 2.04. The zero-order valence-electron chi connectivity index (χ0n) is 8.74. The predicted octanol–water partition coefficient (Wildman–Crippen LogP) is 0.106. The van der Waals surface area contributed by atoms with Gasteiger partial charge in [-0.3, -0.25) is 9.59 Å². The van der Waals surface area contributed by atoms with Gasteiger partial charge in [-0.25, -0.2) is 0 Å². The number of aliphatic carboxylic acids is 1. The van der Waals surface area contributed by atoms with Crippen molar-refractivity contribution in [1.82, 2.24) is 5.32 Å². The fourth-order valence-electron chi connectivity index (χ4n) is 1.34. The molecule has 1 aliphatic rings. The minimum atomic E-state index is -0.949. The Morgan fingerprint density at radius 2 is 1.79 bits per heavy atom. The number of nitrogens with one attached hydrogen (secondary N) is 1. The molecule has 5 nitrogen and oxygen atoms in total. The molecule has 0 aromatic carbocycles. The highest BCUT2D eigenvalue weighted by atomic mass is 16.5. The van der Waals surface area contributed by atoms with Crippen molar-refractivity contribution in [3.05, 3.63) is 0 Å². The summed E-state index contributed by atoms with van der Waals surface area (Å²) in [6, 6.07) is 0. The first-order valence-corrected chi connectivity index (χ1v) is 4.68. The first kappa shape index (κ1) is 12.9. The Labute approximate surface area is 83.4 Å². The lowest BCUT2D eigenvalue weighted by Crippen LogP contribution is -2.29. The van der Waals surface area contributed by atoms with E-state index < -0.39 is 23.8 Å². The Hall–Kier alpha value is -1.10. The lowest BCUT2D eigenvalue weighted by molar-refractivity contribution is -0.153.